The maximum absolute atomic E-state index is 12.5. The summed E-state index contributed by atoms with van der Waals surface area (Å²) in [5.74, 6) is 2.58. The minimum Gasteiger partial charge on any atom is -0.317 e. The van der Waals surface area contributed by atoms with Gasteiger partial charge < -0.3 is 5.32 Å². The molecule has 2 fully saturated rings. The number of aryl methyl sites for hydroxylation is 2. The van der Waals surface area contributed by atoms with Gasteiger partial charge in [-0.25, -0.2) is 9.97 Å². The SMILES string of the molecule is O=C(CCCCC1CCNCC1)CCCc1cccc(C2CCCC(c3ncnc4c3C=CCC4)CCC2)c1. The monoisotopic (exact) mass is 527 g/mol. The van der Waals surface area contributed by atoms with E-state index in [1.54, 1.807) is 6.33 Å². The van der Waals surface area contributed by atoms with Crippen LogP contribution >= 0.6 is 0 Å². The highest BCUT2D eigenvalue weighted by Crippen LogP contribution is 2.38. The number of fused-ring (bicyclic) bond motifs is 1. The van der Waals surface area contributed by atoms with Crippen molar-refractivity contribution >= 4 is 11.9 Å². The van der Waals surface area contributed by atoms with Gasteiger partial charge in [-0.05, 0) is 107 Å². The fraction of sp³-hybridized carbons (Fsp3) is 0.629. The van der Waals surface area contributed by atoms with Crippen LogP contribution in [0.5, 0.6) is 0 Å². The molecule has 0 spiro atoms. The Morgan fingerprint density at radius 1 is 0.897 bits per heavy atom. The Labute approximate surface area is 236 Å². The fourth-order valence-electron chi connectivity index (χ4n) is 7.23. The van der Waals surface area contributed by atoms with Crippen LogP contribution in [0.25, 0.3) is 6.08 Å². The third-order valence-electron chi connectivity index (χ3n) is 9.55. The van der Waals surface area contributed by atoms with Crippen molar-refractivity contribution in [3.63, 3.8) is 0 Å². The minimum atomic E-state index is 0.464. The standard InChI is InChI=1S/C35H49N3O/c39-32(17-2-1-9-27-21-23-36-24-22-27)18-6-11-28-10-5-16-31(25-28)29-12-7-14-30(15-8-13-29)35-33-19-3-4-20-34(33)37-26-38-35/h3,5,10,16,19,25-27,29-30,36H,1-2,4,6-9,11-15,17-18,20-24H2. The van der Waals surface area contributed by atoms with E-state index in [2.05, 4.69) is 46.7 Å². The van der Waals surface area contributed by atoms with Crippen LogP contribution in [0.15, 0.2) is 36.7 Å². The molecule has 39 heavy (non-hydrogen) atoms. The number of hydrogen-bond donors (Lipinski definition) is 1. The van der Waals surface area contributed by atoms with Gasteiger partial charge in [-0.2, -0.15) is 0 Å². The summed E-state index contributed by atoms with van der Waals surface area (Å²) in [7, 11) is 0. The van der Waals surface area contributed by atoms with Crippen LogP contribution in [-0.2, 0) is 17.6 Å². The van der Waals surface area contributed by atoms with Gasteiger partial charge in [-0.1, -0.05) is 62.1 Å². The lowest BCUT2D eigenvalue weighted by Crippen LogP contribution is -2.27. The number of piperidine rings is 1. The number of ketones is 1. The maximum Gasteiger partial charge on any atom is 0.132 e. The molecule has 2 aromatic rings. The zero-order valence-electron chi connectivity index (χ0n) is 24.0. The number of nitrogens with zero attached hydrogens (tertiary/aromatic N) is 2. The molecule has 1 aromatic heterocycles. The average molecular weight is 528 g/mol. The van der Waals surface area contributed by atoms with Gasteiger partial charge in [-0.15, -0.1) is 0 Å². The van der Waals surface area contributed by atoms with Gasteiger partial charge >= 0.3 is 0 Å². The Hall–Kier alpha value is -2.33. The zero-order chi connectivity index (χ0) is 26.7. The van der Waals surface area contributed by atoms with E-state index in [1.165, 1.54) is 105 Å². The molecule has 4 nitrogen and oxygen atoms in total. The van der Waals surface area contributed by atoms with Crippen LogP contribution in [0.3, 0.4) is 0 Å². The van der Waals surface area contributed by atoms with Crippen LogP contribution < -0.4 is 5.32 Å². The number of unbranched alkanes of at least 4 members (excludes halogenated alkanes) is 1. The Balaban J connectivity index is 1.04. The Kier molecular flexibility index (Phi) is 10.8. The molecule has 0 unspecified atom stereocenters. The molecule has 3 aliphatic rings. The van der Waals surface area contributed by atoms with E-state index in [0.717, 1.165) is 50.9 Å². The molecule has 4 heteroatoms. The van der Waals surface area contributed by atoms with E-state index in [0.29, 0.717) is 17.6 Å². The van der Waals surface area contributed by atoms with Gasteiger partial charge in [0.1, 0.15) is 12.1 Å². The van der Waals surface area contributed by atoms with Crippen molar-refractivity contribution in [1.82, 2.24) is 15.3 Å². The number of Topliss-reactive ketones (excluding diaryl/α,β-unsaturated/α-hetero) is 1. The van der Waals surface area contributed by atoms with Crippen LogP contribution in [0.4, 0.5) is 0 Å². The van der Waals surface area contributed by atoms with E-state index in [9.17, 15) is 4.79 Å². The van der Waals surface area contributed by atoms with Crippen molar-refractivity contribution in [2.75, 3.05) is 13.1 Å². The van der Waals surface area contributed by atoms with E-state index in [4.69, 9.17) is 4.98 Å². The predicted molar refractivity (Wildman–Crippen MR) is 161 cm³/mol. The highest BCUT2D eigenvalue weighted by molar-refractivity contribution is 5.78. The lowest BCUT2D eigenvalue weighted by molar-refractivity contribution is -0.119. The molecule has 1 saturated heterocycles. The van der Waals surface area contributed by atoms with Crippen molar-refractivity contribution < 1.29 is 4.79 Å². The highest BCUT2D eigenvalue weighted by atomic mass is 16.1. The first-order valence-corrected chi connectivity index (χ1v) is 16.1. The van der Waals surface area contributed by atoms with Gasteiger partial charge in [0.2, 0.25) is 0 Å². The number of carbonyl (C=O) groups excluding carboxylic acids is 1. The first-order chi connectivity index (χ1) is 19.3. The van der Waals surface area contributed by atoms with Crippen molar-refractivity contribution in [2.45, 2.75) is 121 Å². The fourth-order valence-corrected chi connectivity index (χ4v) is 7.23. The number of hydrogen-bond acceptors (Lipinski definition) is 4. The molecule has 1 N–H and O–H groups in total. The number of rotatable bonds is 11. The molecular formula is C35H49N3O. The van der Waals surface area contributed by atoms with Crippen LogP contribution in [0, 0.1) is 5.92 Å². The molecule has 0 radical (unpaired) electrons. The molecule has 210 valence electrons. The normalized spacial score (nSPS) is 22.2. The second-order valence-corrected chi connectivity index (χ2v) is 12.4. The molecule has 1 saturated carbocycles. The molecule has 1 aromatic carbocycles. The molecular weight excluding hydrogens is 478 g/mol. The van der Waals surface area contributed by atoms with E-state index in [-0.39, 0.29) is 0 Å². The van der Waals surface area contributed by atoms with Gasteiger partial charge in [-0.3, -0.25) is 4.79 Å². The van der Waals surface area contributed by atoms with E-state index >= 15 is 0 Å². The number of carbonyl (C=O) groups is 1. The van der Waals surface area contributed by atoms with E-state index < -0.39 is 0 Å². The summed E-state index contributed by atoms with van der Waals surface area (Å²) in [5.41, 5.74) is 6.78. The van der Waals surface area contributed by atoms with Gasteiger partial charge in [0.05, 0.1) is 11.4 Å². The van der Waals surface area contributed by atoms with Crippen LogP contribution in [0.1, 0.15) is 136 Å². The Morgan fingerprint density at radius 3 is 2.54 bits per heavy atom. The lowest BCUT2D eigenvalue weighted by atomic mass is 9.80. The molecule has 5 rings (SSSR count). The van der Waals surface area contributed by atoms with Gasteiger partial charge in [0, 0.05) is 24.3 Å². The summed E-state index contributed by atoms with van der Waals surface area (Å²) in [5, 5.41) is 3.44. The summed E-state index contributed by atoms with van der Waals surface area (Å²) >= 11 is 0. The topological polar surface area (TPSA) is 54.9 Å². The summed E-state index contributed by atoms with van der Waals surface area (Å²) in [6.45, 7) is 2.35. The van der Waals surface area contributed by atoms with Gasteiger partial charge in [0.15, 0.2) is 0 Å². The molecule has 1 aliphatic heterocycles. The quantitative estimate of drug-likeness (QED) is 0.300. The van der Waals surface area contributed by atoms with E-state index in [1.807, 2.05) is 0 Å². The van der Waals surface area contributed by atoms with Crippen LogP contribution in [0.2, 0.25) is 0 Å². The Bertz CT molecular complexity index is 1080. The van der Waals surface area contributed by atoms with Crippen molar-refractivity contribution in [3.05, 3.63) is 64.7 Å². The van der Waals surface area contributed by atoms with Crippen molar-refractivity contribution in [1.29, 1.82) is 0 Å². The number of nitrogens with one attached hydrogen (secondary N) is 1. The molecule has 2 aliphatic carbocycles. The summed E-state index contributed by atoms with van der Waals surface area (Å²) < 4.78 is 0. The highest BCUT2D eigenvalue weighted by Gasteiger charge is 2.23. The Morgan fingerprint density at radius 2 is 1.69 bits per heavy atom. The third kappa shape index (κ3) is 8.33. The van der Waals surface area contributed by atoms with Gasteiger partial charge in [0.25, 0.3) is 0 Å². The number of allylic oxidation sites excluding steroid dienone is 1. The molecule has 0 amide bonds. The molecule has 0 bridgehead atoms. The largest absolute Gasteiger partial charge is 0.317 e. The average Bonchev–Trinajstić information content (AvgIpc) is 2.96. The third-order valence-corrected chi connectivity index (χ3v) is 9.55. The smallest absolute Gasteiger partial charge is 0.132 e. The summed E-state index contributed by atoms with van der Waals surface area (Å²) in [6.07, 6.45) is 25.8. The first kappa shape index (κ1) is 28.2. The molecule has 0 atom stereocenters. The number of aromatic nitrogens is 2. The summed E-state index contributed by atoms with van der Waals surface area (Å²) in [6, 6.07) is 9.29. The molecule has 2 heterocycles. The maximum atomic E-state index is 12.5. The van der Waals surface area contributed by atoms with Crippen molar-refractivity contribution in [3.8, 4) is 0 Å². The predicted octanol–water partition coefficient (Wildman–Crippen LogP) is 8.11. The second kappa shape index (κ2) is 14.9. The zero-order valence-corrected chi connectivity index (χ0v) is 24.0. The lowest BCUT2D eigenvalue weighted by Gasteiger charge is -2.26. The van der Waals surface area contributed by atoms with Crippen LogP contribution in [-0.4, -0.2) is 28.8 Å². The number of benzene rings is 1. The minimum absolute atomic E-state index is 0.464. The second-order valence-electron chi connectivity index (χ2n) is 12.4. The summed E-state index contributed by atoms with van der Waals surface area (Å²) in [4.78, 5) is 21.8. The van der Waals surface area contributed by atoms with Crippen molar-refractivity contribution in [2.24, 2.45) is 5.92 Å². The first-order valence-electron chi connectivity index (χ1n) is 16.1.